The first-order valence-corrected chi connectivity index (χ1v) is 6.82. The zero-order chi connectivity index (χ0) is 15.4. The van der Waals surface area contributed by atoms with Crippen LogP contribution in [0.15, 0.2) is 47.6 Å². The van der Waals surface area contributed by atoms with Gasteiger partial charge in [-0.25, -0.2) is 5.43 Å². The number of para-hydroxylation sites is 1. The average molecular weight is 323 g/mol. The average Bonchev–Trinajstić information content (AvgIpc) is 2.47. The number of rotatable bonds is 3. The molecule has 0 saturated carbocycles. The minimum atomic E-state index is -0.414. The number of phenolic OH excluding ortho intramolecular Hbond substituents is 1. The summed E-state index contributed by atoms with van der Waals surface area (Å²) in [7, 11) is 0. The van der Waals surface area contributed by atoms with E-state index in [9.17, 15) is 9.90 Å². The number of carbonyl (C=O) groups is 1. The summed E-state index contributed by atoms with van der Waals surface area (Å²) >= 11 is 11.6. The maximum Gasteiger partial charge on any atom is 0.271 e. The van der Waals surface area contributed by atoms with E-state index in [-0.39, 0.29) is 5.75 Å². The van der Waals surface area contributed by atoms with E-state index in [2.05, 4.69) is 10.5 Å². The minimum Gasteiger partial charge on any atom is -0.507 e. The number of phenols is 1. The van der Waals surface area contributed by atoms with Crippen LogP contribution in [-0.4, -0.2) is 16.7 Å². The van der Waals surface area contributed by atoms with E-state index < -0.39 is 5.91 Å². The summed E-state index contributed by atoms with van der Waals surface area (Å²) in [6.45, 7) is 1.68. The number of hydrazone groups is 1. The van der Waals surface area contributed by atoms with Gasteiger partial charge in [-0.2, -0.15) is 5.10 Å². The third-order valence-corrected chi connectivity index (χ3v) is 3.54. The SMILES string of the molecule is CC(=NNC(=O)c1ccc(Cl)c(Cl)c1)c1ccccc1O. The van der Waals surface area contributed by atoms with Crippen molar-refractivity contribution in [2.24, 2.45) is 5.10 Å². The van der Waals surface area contributed by atoms with E-state index in [4.69, 9.17) is 23.2 Å². The zero-order valence-corrected chi connectivity index (χ0v) is 12.6. The van der Waals surface area contributed by atoms with Gasteiger partial charge in [0.1, 0.15) is 5.75 Å². The Labute approximate surface area is 132 Å². The molecule has 0 saturated heterocycles. The highest BCUT2D eigenvalue weighted by atomic mass is 35.5. The Kier molecular flexibility index (Phi) is 4.83. The monoisotopic (exact) mass is 322 g/mol. The number of benzene rings is 2. The van der Waals surface area contributed by atoms with Gasteiger partial charge in [0.2, 0.25) is 0 Å². The molecule has 6 heteroatoms. The summed E-state index contributed by atoms with van der Waals surface area (Å²) in [5, 5.41) is 14.3. The molecule has 2 aromatic carbocycles. The predicted molar refractivity (Wildman–Crippen MR) is 84.2 cm³/mol. The number of halogens is 2. The lowest BCUT2D eigenvalue weighted by molar-refractivity contribution is 0.0955. The molecule has 0 bridgehead atoms. The molecule has 0 aliphatic carbocycles. The van der Waals surface area contributed by atoms with Crippen molar-refractivity contribution < 1.29 is 9.90 Å². The minimum absolute atomic E-state index is 0.0996. The second-order valence-corrected chi connectivity index (χ2v) is 5.10. The lowest BCUT2D eigenvalue weighted by Crippen LogP contribution is -2.19. The molecule has 108 valence electrons. The van der Waals surface area contributed by atoms with Gasteiger partial charge >= 0.3 is 0 Å². The highest BCUT2D eigenvalue weighted by Crippen LogP contribution is 2.22. The summed E-state index contributed by atoms with van der Waals surface area (Å²) in [4.78, 5) is 11.9. The van der Waals surface area contributed by atoms with Gasteiger partial charge in [-0.3, -0.25) is 4.79 Å². The molecular weight excluding hydrogens is 311 g/mol. The fourth-order valence-electron chi connectivity index (χ4n) is 1.68. The van der Waals surface area contributed by atoms with Gasteiger partial charge in [0.05, 0.1) is 15.8 Å². The van der Waals surface area contributed by atoms with Gasteiger partial charge in [-0.15, -0.1) is 0 Å². The summed E-state index contributed by atoms with van der Waals surface area (Å²) < 4.78 is 0. The van der Waals surface area contributed by atoms with Gasteiger partial charge in [-0.1, -0.05) is 35.3 Å². The number of nitrogens with zero attached hydrogens (tertiary/aromatic N) is 1. The van der Waals surface area contributed by atoms with Gasteiger partial charge in [0.25, 0.3) is 5.91 Å². The van der Waals surface area contributed by atoms with Crippen molar-refractivity contribution in [1.29, 1.82) is 0 Å². The Morgan fingerprint density at radius 2 is 1.86 bits per heavy atom. The molecule has 2 aromatic rings. The van der Waals surface area contributed by atoms with E-state index >= 15 is 0 Å². The van der Waals surface area contributed by atoms with Crippen molar-refractivity contribution in [3.05, 3.63) is 63.6 Å². The smallest absolute Gasteiger partial charge is 0.271 e. The molecule has 2 N–H and O–H groups in total. The van der Waals surface area contributed by atoms with Crippen LogP contribution < -0.4 is 5.43 Å². The first-order valence-electron chi connectivity index (χ1n) is 6.07. The molecule has 1 amide bonds. The van der Waals surface area contributed by atoms with Gasteiger partial charge in [-0.05, 0) is 37.3 Å². The Morgan fingerprint density at radius 3 is 2.52 bits per heavy atom. The number of carbonyl (C=O) groups excluding carboxylic acids is 1. The molecule has 0 spiro atoms. The van der Waals surface area contributed by atoms with Crippen molar-refractivity contribution in [2.45, 2.75) is 6.92 Å². The second kappa shape index (κ2) is 6.61. The van der Waals surface area contributed by atoms with E-state index in [0.717, 1.165) is 0 Å². The first-order chi connectivity index (χ1) is 9.99. The largest absolute Gasteiger partial charge is 0.507 e. The van der Waals surface area contributed by atoms with Crippen LogP contribution in [0.4, 0.5) is 0 Å². The summed E-state index contributed by atoms with van der Waals surface area (Å²) in [6, 6.07) is 11.3. The molecule has 0 aliphatic heterocycles. The number of hydrogen-bond acceptors (Lipinski definition) is 3. The van der Waals surface area contributed by atoms with Crippen molar-refractivity contribution in [1.82, 2.24) is 5.43 Å². The molecule has 0 aromatic heterocycles. The van der Waals surface area contributed by atoms with E-state index in [1.165, 1.54) is 6.07 Å². The number of hydrogen-bond donors (Lipinski definition) is 2. The first kappa shape index (κ1) is 15.4. The quantitative estimate of drug-likeness (QED) is 0.666. The molecule has 0 heterocycles. The molecule has 0 fully saturated rings. The van der Waals surface area contributed by atoms with Crippen LogP contribution in [0, 0.1) is 0 Å². The zero-order valence-electron chi connectivity index (χ0n) is 11.1. The van der Waals surface area contributed by atoms with Crippen LogP contribution in [0.1, 0.15) is 22.8 Å². The molecule has 2 rings (SSSR count). The van der Waals surface area contributed by atoms with E-state index in [0.29, 0.717) is 26.9 Å². The standard InChI is InChI=1S/C15H12Cl2N2O2/c1-9(11-4-2-3-5-14(11)20)18-19-15(21)10-6-7-12(16)13(17)8-10/h2-8,20H,1H3,(H,19,21). The van der Waals surface area contributed by atoms with Crippen LogP contribution in [0.3, 0.4) is 0 Å². The maximum atomic E-state index is 11.9. The van der Waals surface area contributed by atoms with Crippen molar-refractivity contribution in [2.75, 3.05) is 0 Å². The van der Waals surface area contributed by atoms with Gasteiger partial charge in [0.15, 0.2) is 0 Å². The number of amides is 1. The molecule has 0 aliphatic rings. The van der Waals surface area contributed by atoms with Crippen LogP contribution in [0.25, 0.3) is 0 Å². The van der Waals surface area contributed by atoms with Crippen LogP contribution >= 0.6 is 23.2 Å². The Morgan fingerprint density at radius 1 is 1.14 bits per heavy atom. The number of aromatic hydroxyl groups is 1. The Bertz CT molecular complexity index is 715. The predicted octanol–water partition coefficient (Wildman–Crippen LogP) is 3.85. The van der Waals surface area contributed by atoms with E-state index in [1.807, 2.05) is 0 Å². The van der Waals surface area contributed by atoms with Crippen molar-refractivity contribution in [3.63, 3.8) is 0 Å². The molecule has 21 heavy (non-hydrogen) atoms. The highest BCUT2D eigenvalue weighted by Gasteiger charge is 2.08. The molecule has 0 unspecified atom stereocenters. The van der Waals surface area contributed by atoms with Crippen molar-refractivity contribution in [3.8, 4) is 5.75 Å². The summed E-state index contributed by atoms with van der Waals surface area (Å²) in [5.41, 5.74) is 3.79. The van der Waals surface area contributed by atoms with Crippen molar-refractivity contribution >= 4 is 34.8 Å². The third kappa shape index (κ3) is 3.74. The molecule has 4 nitrogen and oxygen atoms in total. The fraction of sp³-hybridized carbons (Fsp3) is 0.0667. The Hall–Kier alpha value is -2.04. The lowest BCUT2D eigenvalue weighted by atomic mass is 10.1. The van der Waals surface area contributed by atoms with E-state index in [1.54, 1.807) is 43.3 Å². The molecule has 0 atom stereocenters. The second-order valence-electron chi connectivity index (χ2n) is 4.28. The van der Waals surface area contributed by atoms with Crippen LogP contribution in [0.2, 0.25) is 10.0 Å². The lowest BCUT2D eigenvalue weighted by Gasteiger charge is -2.05. The fourth-order valence-corrected chi connectivity index (χ4v) is 1.97. The summed E-state index contributed by atoms with van der Waals surface area (Å²) in [6.07, 6.45) is 0. The molecule has 0 radical (unpaired) electrons. The third-order valence-electron chi connectivity index (χ3n) is 2.80. The van der Waals surface area contributed by atoms with Gasteiger partial charge in [0, 0.05) is 11.1 Å². The maximum absolute atomic E-state index is 11.9. The normalized spacial score (nSPS) is 11.3. The molecular formula is C15H12Cl2N2O2. The topological polar surface area (TPSA) is 61.7 Å². The van der Waals surface area contributed by atoms with Crippen LogP contribution in [-0.2, 0) is 0 Å². The summed E-state index contributed by atoms with van der Waals surface area (Å²) in [5.74, 6) is -0.314. The number of nitrogens with one attached hydrogen (secondary N) is 1. The van der Waals surface area contributed by atoms with Gasteiger partial charge < -0.3 is 5.11 Å². The Balaban J connectivity index is 2.14. The highest BCUT2D eigenvalue weighted by molar-refractivity contribution is 6.42. The van der Waals surface area contributed by atoms with Crippen LogP contribution in [0.5, 0.6) is 5.75 Å².